The lowest BCUT2D eigenvalue weighted by atomic mass is 10.0. The van der Waals surface area contributed by atoms with E-state index in [0.29, 0.717) is 27.6 Å². The molecule has 1 heterocycles. The van der Waals surface area contributed by atoms with Gasteiger partial charge in [0.2, 0.25) is 5.91 Å². The monoisotopic (exact) mass is 437 g/mol. The van der Waals surface area contributed by atoms with Crippen LogP contribution in [0.2, 0.25) is 0 Å². The summed E-state index contributed by atoms with van der Waals surface area (Å²) in [5.74, 6) is 0.677. The summed E-state index contributed by atoms with van der Waals surface area (Å²) >= 11 is 1.30. The number of ether oxygens (including phenoxy) is 3. The number of thiophene rings is 1. The minimum atomic E-state index is -0.503. The molecule has 1 amide bonds. The van der Waals surface area contributed by atoms with E-state index in [1.54, 1.807) is 26.4 Å². The molecular weight excluding hydrogens is 414 g/mol. The van der Waals surface area contributed by atoms with Gasteiger partial charge < -0.3 is 19.5 Å². The Labute approximate surface area is 184 Å². The van der Waals surface area contributed by atoms with E-state index in [-0.39, 0.29) is 17.7 Å². The van der Waals surface area contributed by atoms with Crippen LogP contribution in [0.4, 0.5) is 5.00 Å². The number of esters is 1. The molecule has 160 valence electrons. The van der Waals surface area contributed by atoms with Crippen LogP contribution >= 0.6 is 11.3 Å². The highest BCUT2D eigenvalue weighted by Gasteiger charge is 2.44. The molecule has 2 atom stereocenters. The van der Waals surface area contributed by atoms with Crippen molar-refractivity contribution in [2.24, 2.45) is 5.92 Å². The molecule has 1 aromatic heterocycles. The van der Waals surface area contributed by atoms with E-state index in [1.165, 1.54) is 18.4 Å². The van der Waals surface area contributed by atoms with Crippen molar-refractivity contribution in [3.63, 3.8) is 0 Å². The number of benzene rings is 2. The Hall–Kier alpha value is -3.32. The molecule has 7 heteroatoms. The van der Waals surface area contributed by atoms with Gasteiger partial charge in [0.05, 0.1) is 21.3 Å². The van der Waals surface area contributed by atoms with Gasteiger partial charge in [-0.1, -0.05) is 36.4 Å². The number of hydrogen-bond acceptors (Lipinski definition) is 6. The zero-order chi connectivity index (χ0) is 22.0. The van der Waals surface area contributed by atoms with Crippen LogP contribution in [0.25, 0.3) is 11.1 Å². The third-order valence-electron chi connectivity index (χ3n) is 5.47. The molecule has 2 aromatic carbocycles. The Balaban J connectivity index is 1.60. The van der Waals surface area contributed by atoms with Crippen molar-refractivity contribution in [2.75, 3.05) is 26.6 Å². The molecule has 3 aromatic rings. The Kier molecular flexibility index (Phi) is 5.95. The maximum Gasteiger partial charge on any atom is 0.341 e. The lowest BCUT2D eigenvalue weighted by Gasteiger charge is -2.11. The van der Waals surface area contributed by atoms with Crippen LogP contribution in [-0.4, -0.2) is 33.2 Å². The van der Waals surface area contributed by atoms with E-state index in [1.807, 2.05) is 41.8 Å². The highest BCUT2D eigenvalue weighted by Crippen LogP contribution is 2.48. The first kappa shape index (κ1) is 20.9. The number of anilines is 1. The Morgan fingerprint density at radius 3 is 2.42 bits per heavy atom. The van der Waals surface area contributed by atoms with Crippen molar-refractivity contribution in [1.29, 1.82) is 0 Å². The molecule has 0 spiro atoms. The molecule has 0 aliphatic heterocycles. The highest BCUT2D eigenvalue weighted by atomic mass is 32.1. The minimum Gasteiger partial charge on any atom is -0.493 e. The molecule has 6 nitrogen and oxygen atoms in total. The predicted octanol–water partition coefficient (Wildman–Crippen LogP) is 4.96. The van der Waals surface area contributed by atoms with Gasteiger partial charge in [0.1, 0.15) is 10.6 Å². The first-order valence-corrected chi connectivity index (χ1v) is 10.7. The molecule has 0 bridgehead atoms. The number of nitrogens with one attached hydrogen (secondary N) is 1. The van der Waals surface area contributed by atoms with Gasteiger partial charge in [-0.3, -0.25) is 4.79 Å². The number of carbonyl (C=O) groups is 2. The second kappa shape index (κ2) is 8.81. The molecule has 31 heavy (non-hydrogen) atoms. The maximum atomic E-state index is 12.9. The third kappa shape index (κ3) is 4.14. The third-order valence-corrected chi connectivity index (χ3v) is 6.36. The molecule has 0 saturated heterocycles. The van der Waals surface area contributed by atoms with Crippen molar-refractivity contribution in [3.8, 4) is 22.6 Å². The topological polar surface area (TPSA) is 73.9 Å². The van der Waals surface area contributed by atoms with E-state index in [9.17, 15) is 9.59 Å². The van der Waals surface area contributed by atoms with Crippen molar-refractivity contribution < 1.29 is 23.8 Å². The van der Waals surface area contributed by atoms with Gasteiger partial charge in [0, 0.05) is 16.9 Å². The molecule has 0 unspecified atom stereocenters. The number of hydrogen-bond donors (Lipinski definition) is 1. The van der Waals surface area contributed by atoms with Gasteiger partial charge in [-0.2, -0.15) is 0 Å². The normalized spacial score (nSPS) is 17.0. The largest absolute Gasteiger partial charge is 0.493 e. The lowest BCUT2D eigenvalue weighted by molar-refractivity contribution is -0.117. The Bertz CT molecular complexity index is 1110. The molecule has 1 N–H and O–H groups in total. The SMILES string of the molecule is COC(=O)c1c(-c2ccc(OC)c(OC)c2)csc1NC(=O)[C@H]1C[C@H]1c1ccccc1. The van der Waals surface area contributed by atoms with Crippen molar-refractivity contribution in [3.05, 3.63) is 65.0 Å². The van der Waals surface area contributed by atoms with Gasteiger partial charge in [-0.15, -0.1) is 11.3 Å². The fourth-order valence-corrected chi connectivity index (χ4v) is 4.69. The molecule has 1 fully saturated rings. The summed E-state index contributed by atoms with van der Waals surface area (Å²) in [5, 5.41) is 5.28. The molecule has 1 aliphatic carbocycles. The first-order valence-electron chi connectivity index (χ1n) is 9.85. The Morgan fingerprint density at radius 1 is 1.00 bits per heavy atom. The molecule has 4 rings (SSSR count). The summed E-state index contributed by atoms with van der Waals surface area (Å²) in [6, 6.07) is 15.4. The maximum absolute atomic E-state index is 12.9. The standard InChI is InChI=1S/C24H23NO5S/c1-28-19-10-9-15(11-20(19)29-2)18-13-31-23(21(18)24(27)30-3)25-22(26)17-12-16(17)14-7-5-4-6-8-14/h4-11,13,16-17H,12H2,1-3H3,(H,25,26)/t16-,17-/m0/s1. The van der Waals surface area contributed by atoms with E-state index in [4.69, 9.17) is 14.2 Å². The summed E-state index contributed by atoms with van der Waals surface area (Å²) in [5.41, 5.74) is 2.94. The fourth-order valence-electron chi connectivity index (χ4n) is 3.73. The van der Waals surface area contributed by atoms with Gasteiger partial charge in [-0.25, -0.2) is 4.79 Å². The van der Waals surface area contributed by atoms with E-state index in [0.717, 1.165) is 17.5 Å². The van der Waals surface area contributed by atoms with Crippen LogP contribution < -0.4 is 14.8 Å². The Morgan fingerprint density at radius 2 is 1.74 bits per heavy atom. The molecule has 1 aliphatic rings. The number of carbonyl (C=O) groups excluding carboxylic acids is 2. The summed E-state index contributed by atoms with van der Waals surface area (Å²) in [6.07, 6.45) is 0.803. The average Bonchev–Trinajstić information content (AvgIpc) is 3.52. The predicted molar refractivity (Wildman–Crippen MR) is 120 cm³/mol. The second-order valence-electron chi connectivity index (χ2n) is 7.26. The van der Waals surface area contributed by atoms with Crippen molar-refractivity contribution >= 4 is 28.2 Å². The zero-order valence-corrected chi connectivity index (χ0v) is 18.3. The summed E-state index contributed by atoms with van der Waals surface area (Å²) in [4.78, 5) is 25.5. The zero-order valence-electron chi connectivity index (χ0n) is 17.5. The smallest absolute Gasteiger partial charge is 0.341 e. The van der Waals surface area contributed by atoms with Crippen molar-refractivity contribution in [2.45, 2.75) is 12.3 Å². The minimum absolute atomic E-state index is 0.0836. The molecule has 0 radical (unpaired) electrons. The van der Waals surface area contributed by atoms with Crippen LogP contribution in [0.15, 0.2) is 53.9 Å². The van der Waals surface area contributed by atoms with E-state index in [2.05, 4.69) is 5.32 Å². The quantitative estimate of drug-likeness (QED) is 0.529. The van der Waals surface area contributed by atoms with E-state index >= 15 is 0 Å². The van der Waals surface area contributed by atoms with Crippen LogP contribution in [0.1, 0.15) is 28.3 Å². The van der Waals surface area contributed by atoms with Crippen LogP contribution in [0, 0.1) is 5.92 Å². The average molecular weight is 438 g/mol. The van der Waals surface area contributed by atoms with Gasteiger partial charge >= 0.3 is 5.97 Å². The van der Waals surface area contributed by atoms with Gasteiger partial charge in [0.15, 0.2) is 11.5 Å². The molecule has 1 saturated carbocycles. The van der Waals surface area contributed by atoms with Crippen molar-refractivity contribution in [1.82, 2.24) is 0 Å². The van der Waals surface area contributed by atoms with Gasteiger partial charge in [-0.05, 0) is 35.6 Å². The van der Waals surface area contributed by atoms with Crippen LogP contribution in [0.3, 0.4) is 0 Å². The number of methoxy groups -OCH3 is 3. The lowest BCUT2D eigenvalue weighted by Crippen LogP contribution is -2.16. The summed E-state index contributed by atoms with van der Waals surface area (Å²) < 4.78 is 15.7. The fraction of sp³-hybridized carbons (Fsp3) is 0.250. The van der Waals surface area contributed by atoms with E-state index < -0.39 is 5.97 Å². The summed E-state index contributed by atoms with van der Waals surface area (Å²) in [6.45, 7) is 0. The number of amides is 1. The van der Waals surface area contributed by atoms with Gasteiger partial charge in [0.25, 0.3) is 0 Å². The molecular formula is C24H23NO5S. The second-order valence-corrected chi connectivity index (χ2v) is 8.14. The van der Waals surface area contributed by atoms with Crippen LogP contribution in [-0.2, 0) is 9.53 Å². The number of rotatable bonds is 7. The summed E-state index contributed by atoms with van der Waals surface area (Å²) in [7, 11) is 4.45. The van der Waals surface area contributed by atoms with Crippen LogP contribution in [0.5, 0.6) is 11.5 Å². The first-order chi connectivity index (χ1) is 15.1. The highest BCUT2D eigenvalue weighted by molar-refractivity contribution is 7.15.